The SMILES string of the molecule is CCC1CCC(=O)N(OCc2ccccc2)C1. The molecule has 0 bridgehead atoms. The van der Waals surface area contributed by atoms with Crippen LogP contribution in [-0.2, 0) is 16.2 Å². The number of amides is 1. The first-order valence-corrected chi connectivity index (χ1v) is 6.26. The average Bonchev–Trinajstić information content (AvgIpc) is 2.39. The topological polar surface area (TPSA) is 29.5 Å². The molecule has 3 heteroatoms. The van der Waals surface area contributed by atoms with Crippen LogP contribution in [0.15, 0.2) is 30.3 Å². The van der Waals surface area contributed by atoms with Crippen molar-refractivity contribution >= 4 is 5.91 Å². The Bertz CT molecular complexity index is 364. The highest BCUT2D eigenvalue weighted by Crippen LogP contribution is 2.20. The number of carbonyl (C=O) groups is 1. The molecule has 1 heterocycles. The monoisotopic (exact) mass is 233 g/mol. The smallest absolute Gasteiger partial charge is 0.246 e. The lowest BCUT2D eigenvalue weighted by Gasteiger charge is -2.30. The first-order valence-electron chi connectivity index (χ1n) is 6.26. The van der Waals surface area contributed by atoms with E-state index in [2.05, 4.69) is 6.92 Å². The predicted molar refractivity (Wildman–Crippen MR) is 66.0 cm³/mol. The van der Waals surface area contributed by atoms with E-state index in [4.69, 9.17) is 4.84 Å². The number of piperidine rings is 1. The van der Waals surface area contributed by atoms with E-state index >= 15 is 0 Å². The van der Waals surface area contributed by atoms with Gasteiger partial charge >= 0.3 is 0 Å². The van der Waals surface area contributed by atoms with Crippen molar-refractivity contribution in [2.45, 2.75) is 32.8 Å². The van der Waals surface area contributed by atoms with Gasteiger partial charge in [-0.25, -0.2) is 5.06 Å². The Balaban J connectivity index is 1.87. The van der Waals surface area contributed by atoms with Crippen molar-refractivity contribution in [3.05, 3.63) is 35.9 Å². The molecule has 1 aromatic rings. The van der Waals surface area contributed by atoms with Gasteiger partial charge in [0.25, 0.3) is 0 Å². The fourth-order valence-electron chi connectivity index (χ4n) is 2.06. The van der Waals surface area contributed by atoms with Gasteiger partial charge in [0.05, 0.1) is 6.54 Å². The van der Waals surface area contributed by atoms with Crippen molar-refractivity contribution in [1.29, 1.82) is 0 Å². The lowest BCUT2D eigenvalue weighted by molar-refractivity contribution is -0.201. The Labute approximate surface area is 102 Å². The number of rotatable bonds is 4. The summed E-state index contributed by atoms with van der Waals surface area (Å²) in [5.41, 5.74) is 1.10. The maximum atomic E-state index is 11.7. The summed E-state index contributed by atoms with van der Waals surface area (Å²) in [4.78, 5) is 17.3. The van der Waals surface area contributed by atoms with Gasteiger partial charge in [0.15, 0.2) is 0 Å². The third kappa shape index (κ3) is 3.30. The average molecular weight is 233 g/mol. The van der Waals surface area contributed by atoms with Crippen LogP contribution in [-0.4, -0.2) is 17.5 Å². The van der Waals surface area contributed by atoms with E-state index in [0.29, 0.717) is 18.9 Å². The molecule has 0 N–H and O–H groups in total. The molecule has 0 spiro atoms. The lowest BCUT2D eigenvalue weighted by atomic mass is 9.96. The summed E-state index contributed by atoms with van der Waals surface area (Å²) in [7, 11) is 0. The van der Waals surface area contributed by atoms with E-state index in [1.54, 1.807) is 5.06 Å². The van der Waals surface area contributed by atoms with Crippen molar-refractivity contribution in [3.63, 3.8) is 0 Å². The van der Waals surface area contributed by atoms with E-state index in [0.717, 1.165) is 24.9 Å². The number of benzene rings is 1. The van der Waals surface area contributed by atoms with Gasteiger partial charge < -0.3 is 0 Å². The van der Waals surface area contributed by atoms with Crippen LogP contribution in [0.5, 0.6) is 0 Å². The maximum absolute atomic E-state index is 11.7. The van der Waals surface area contributed by atoms with Crippen LogP contribution in [0.2, 0.25) is 0 Å². The van der Waals surface area contributed by atoms with Crippen LogP contribution >= 0.6 is 0 Å². The highest BCUT2D eigenvalue weighted by molar-refractivity contribution is 5.75. The van der Waals surface area contributed by atoms with Crippen molar-refractivity contribution in [3.8, 4) is 0 Å². The summed E-state index contributed by atoms with van der Waals surface area (Å²) in [6, 6.07) is 9.94. The number of hydrogen-bond donors (Lipinski definition) is 0. The largest absolute Gasteiger partial charge is 0.273 e. The molecule has 1 aromatic carbocycles. The molecule has 0 saturated carbocycles. The summed E-state index contributed by atoms with van der Waals surface area (Å²) in [6.45, 7) is 3.38. The number of nitrogens with zero attached hydrogens (tertiary/aromatic N) is 1. The highest BCUT2D eigenvalue weighted by Gasteiger charge is 2.25. The second-order valence-electron chi connectivity index (χ2n) is 4.53. The standard InChI is InChI=1S/C14H19NO2/c1-2-12-8-9-14(16)15(10-12)17-11-13-6-4-3-5-7-13/h3-7,12H,2,8-11H2,1H3. The Morgan fingerprint density at radius 2 is 2.12 bits per heavy atom. The van der Waals surface area contributed by atoms with Gasteiger partial charge in [-0.3, -0.25) is 9.63 Å². The van der Waals surface area contributed by atoms with Crippen molar-refractivity contribution in [2.24, 2.45) is 5.92 Å². The molecular weight excluding hydrogens is 214 g/mol. The Morgan fingerprint density at radius 3 is 2.82 bits per heavy atom. The van der Waals surface area contributed by atoms with Crippen LogP contribution in [0.3, 0.4) is 0 Å². The molecule has 1 aliphatic rings. The Hall–Kier alpha value is -1.35. The molecule has 1 aliphatic heterocycles. The summed E-state index contributed by atoms with van der Waals surface area (Å²) >= 11 is 0. The van der Waals surface area contributed by atoms with E-state index < -0.39 is 0 Å². The van der Waals surface area contributed by atoms with Crippen LogP contribution in [0.25, 0.3) is 0 Å². The summed E-state index contributed by atoms with van der Waals surface area (Å²) in [5, 5.41) is 1.55. The van der Waals surface area contributed by atoms with Gasteiger partial charge in [-0.15, -0.1) is 0 Å². The minimum Gasteiger partial charge on any atom is -0.273 e. The third-order valence-corrected chi connectivity index (χ3v) is 3.28. The van der Waals surface area contributed by atoms with Gasteiger partial charge in [0.2, 0.25) is 5.91 Å². The molecular formula is C14H19NO2. The molecule has 0 aliphatic carbocycles. The fraction of sp³-hybridized carbons (Fsp3) is 0.500. The van der Waals surface area contributed by atoms with Crippen LogP contribution in [0.1, 0.15) is 31.7 Å². The predicted octanol–water partition coefficient (Wildman–Crippen LogP) is 2.77. The number of hydroxylamine groups is 2. The van der Waals surface area contributed by atoms with Crippen molar-refractivity contribution in [2.75, 3.05) is 6.54 Å². The normalized spacial score (nSPS) is 20.6. The van der Waals surface area contributed by atoms with Crippen molar-refractivity contribution in [1.82, 2.24) is 5.06 Å². The second-order valence-corrected chi connectivity index (χ2v) is 4.53. The molecule has 17 heavy (non-hydrogen) atoms. The van der Waals surface area contributed by atoms with Gasteiger partial charge in [0.1, 0.15) is 6.61 Å². The number of hydrogen-bond acceptors (Lipinski definition) is 2. The molecule has 0 radical (unpaired) electrons. The van der Waals surface area contributed by atoms with Crippen molar-refractivity contribution < 1.29 is 9.63 Å². The van der Waals surface area contributed by atoms with Crippen LogP contribution in [0, 0.1) is 5.92 Å². The van der Waals surface area contributed by atoms with Gasteiger partial charge in [-0.2, -0.15) is 0 Å². The molecule has 1 saturated heterocycles. The summed E-state index contributed by atoms with van der Waals surface area (Å²) in [6.07, 6.45) is 2.73. The minimum absolute atomic E-state index is 0.116. The molecule has 1 amide bonds. The van der Waals surface area contributed by atoms with E-state index in [9.17, 15) is 4.79 Å². The van der Waals surface area contributed by atoms with Crippen LogP contribution < -0.4 is 0 Å². The minimum atomic E-state index is 0.116. The molecule has 1 fully saturated rings. The first-order chi connectivity index (χ1) is 8.29. The van der Waals surface area contributed by atoms with Crippen LogP contribution in [0.4, 0.5) is 0 Å². The zero-order chi connectivity index (χ0) is 12.1. The fourth-order valence-corrected chi connectivity index (χ4v) is 2.06. The second kappa shape index (κ2) is 5.82. The molecule has 1 atom stereocenters. The molecule has 92 valence electrons. The molecule has 3 nitrogen and oxygen atoms in total. The molecule has 2 rings (SSSR count). The van der Waals surface area contributed by atoms with Gasteiger partial charge in [-0.1, -0.05) is 43.7 Å². The highest BCUT2D eigenvalue weighted by atomic mass is 16.7. The Kier molecular flexibility index (Phi) is 4.15. The zero-order valence-electron chi connectivity index (χ0n) is 10.3. The molecule has 1 unspecified atom stereocenters. The number of carbonyl (C=O) groups excluding carboxylic acids is 1. The van der Waals surface area contributed by atoms with Gasteiger partial charge in [-0.05, 0) is 17.9 Å². The van der Waals surface area contributed by atoms with E-state index in [-0.39, 0.29) is 5.91 Å². The Morgan fingerprint density at radius 1 is 1.35 bits per heavy atom. The van der Waals surface area contributed by atoms with Gasteiger partial charge in [0, 0.05) is 6.42 Å². The maximum Gasteiger partial charge on any atom is 0.246 e. The zero-order valence-corrected chi connectivity index (χ0v) is 10.3. The molecule has 0 aromatic heterocycles. The quantitative estimate of drug-likeness (QED) is 0.800. The first kappa shape index (κ1) is 12.1. The lowest BCUT2D eigenvalue weighted by Crippen LogP contribution is -2.39. The van der Waals surface area contributed by atoms with E-state index in [1.807, 2.05) is 30.3 Å². The summed E-state index contributed by atoms with van der Waals surface area (Å²) in [5.74, 6) is 0.703. The third-order valence-electron chi connectivity index (χ3n) is 3.28. The van der Waals surface area contributed by atoms with E-state index in [1.165, 1.54) is 0 Å². The summed E-state index contributed by atoms with van der Waals surface area (Å²) < 4.78 is 0.